The van der Waals surface area contributed by atoms with Crippen molar-refractivity contribution in [2.24, 2.45) is 5.73 Å². The Balaban J connectivity index is 2.91. The molecular formula is C16H25BrN2O3. The Labute approximate surface area is 140 Å². The van der Waals surface area contributed by atoms with E-state index < -0.39 is 0 Å². The van der Waals surface area contributed by atoms with Crippen LogP contribution in [0.3, 0.4) is 0 Å². The number of nitrogens with two attached hydrogens (primary N) is 1. The highest BCUT2D eigenvalue weighted by Gasteiger charge is 2.17. The van der Waals surface area contributed by atoms with Crippen LogP contribution in [0.5, 0.6) is 11.5 Å². The molecule has 0 radical (unpaired) electrons. The minimum Gasteiger partial charge on any atom is -0.493 e. The molecule has 5 nitrogen and oxygen atoms in total. The number of rotatable bonds is 9. The van der Waals surface area contributed by atoms with E-state index in [4.69, 9.17) is 15.2 Å². The van der Waals surface area contributed by atoms with Crippen LogP contribution in [0, 0.1) is 0 Å². The number of nitrogens with one attached hydrogen (secondary N) is 1. The number of ether oxygens (including phenoxy) is 2. The van der Waals surface area contributed by atoms with Gasteiger partial charge in [-0.2, -0.15) is 0 Å². The summed E-state index contributed by atoms with van der Waals surface area (Å²) >= 11 is 3.42. The summed E-state index contributed by atoms with van der Waals surface area (Å²) < 4.78 is 11.5. The van der Waals surface area contributed by atoms with Crippen LogP contribution in [0.1, 0.15) is 43.5 Å². The number of methoxy groups -OCH3 is 1. The fraction of sp³-hybridized carbons (Fsp3) is 0.562. The summed E-state index contributed by atoms with van der Waals surface area (Å²) in [6.45, 7) is 4.96. The Morgan fingerprint density at radius 3 is 2.68 bits per heavy atom. The zero-order valence-corrected chi connectivity index (χ0v) is 15.0. The van der Waals surface area contributed by atoms with Gasteiger partial charge in [0, 0.05) is 18.2 Å². The number of hydrogen-bond acceptors (Lipinski definition) is 4. The fourth-order valence-corrected chi connectivity index (χ4v) is 2.66. The van der Waals surface area contributed by atoms with Gasteiger partial charge < -0.3 is 20.5 Å². The van der Waals surface area contributed by atoms with Gasteiger partial charge >= 0.3 is 0 Å². The average molecular weight is 373 g/mol. The SMILES string of the molecule is CCCCC(CN)NC(=O)c1cc(Br)c(OCC)c(OC)c1. The number of hydrogen-bond donors (Lipinski definition) is 2. The molecule has 1 aromatic rings. The normalized spacial score (nSPS) is 11.9. The monoisotopic (exact) mass is 372 g/mol. The molecule has 1 rings (SSSR count). The lowest BCUT2D eigenvalue weighted by molar-refractivity contribution is 0.0935. The van der Waals surface area contributed by atoms with E-state index in [-0.39, 0.29) is 11.9 Å². The highest BCUT2D eigenvalue weighted by Crippen LogP contribution is 2.36. The number of carbonyl (C=O) groups is 1. The summed E-state index contributed by atoms with van der Waals surface area (Å²) in [4.78, 5) is 12.4. The summed E-state index contributed by atoms with van der Waals surface area (Å²) in [5.74, 6) is 0.968. The lowest BCUT2D eigenvalue weighted by atomic mass is 10.1. The summed E-state index contributed by atoms with van der Waals surface area (Å²) in [6.07, 6.45) is 3.00. The van der Waals surface area contributed by atoms with Crippen LogP contribution < -0.4 is 20.5 Å². The van der Waals surface area contributed by atoms with Crippen molar-refractivity contribution >= 4 is 21.8 Å². The third kappa shape index (κ3) is 5.18. The van der Waals surface area contributed by atoms with E-state index in [0.29, 0.717) is 34.7 Å². The van der Waals surface area contributed by atoms with Gasteiger partial charge in [-0.1, -0.05) is 19.8 Å². The van der Waals surface area contributed by atoms with Crippen LogP contribution in [0.4, 0.5) is 0 Å². The van der Waals surface area contributed by atoms with Crippen LogP contribution >= 0.6 is 15.9 Å². The third-order valence-electron chi connectivity index (χ3n) is 3.31. The number of benzene rings is 1. The fourth-order valence-electron chi connectivity index (χ4n) is 2.10. The lowest BCUT2D eigenvalue weighted by Gasteiger charge is -2.18. The molecular weight excluding hydrogens is 348 g/mol. The zero-order chi connectivity index (χ0) is 16.5. The molecule has 0 spiro atoms. The van der Waals surface area contributed by atoms with Gasteiger partial charge in [-0.25, -0.2) is 0 Å². The molecule has 0 aliphatic rings. The summed E-state index contributed by atoms with van der Waals surface area (Å²) in [7, 11) is 1.55. The minimum atomic E-state index is -0.159. The Hall–Kier alpha value is -1.27. The zero-order valence-electron chi connectivity index (χ0n) is 13.4. The summed E-state index contributed by atoms with van der Waals surface area (Å²) in [6, 6.07) is 3.40. The maximum atomic E-state index is 12.4. The van der Waals surface area contributed by atoms with Crippen LogP contribution in [-0.4, -0.2) is 32.2 Å². The second-order valence-corrected chi connectivity index (χ2v) is 5.83. The molecule has 1 aromatic carbocycles. The molecule has 0 heterocycles. The predicted octanol–water partition coefficient (Wildman–Crippen LogP) is 3.10. The van der Waals surface area contributed by atoms with Gasteiger partial charge in [-0.05, 0) is 41.4 Å². The third-order valence-corrected chi connectivity index (χ3v) is 3.90. The minimum absolute atomic E-state index is 0.0104. The van der Waals surface area contributed by atoms with Gasteiger partial charge in [0.15, 0.2) is 11.5 Å². The first-order valence-corrected chi connectivity index (χ1v) is 8.37. The first-order chi connectivity index (χ1) is 10.6. The highest BCUT2D eigenvalue weighted by molar-refractivity contribution is 9.10. The van der Waals surface area contributed by atoms with E-state index in [1.807, 2.05) is 6.92 Å². The molecule has 0 saturated heterocycles. The molecule has 0 aromatic heterocycles. The van der Waals surface area contributed by atoms with Crippen LogP contribution in [0.25, 0.3) is 0 Å². The topological polar surface area (TPSA) is 73.6 Å². The van der Waals surface area contributed by atoms with Gasteiger partial charge in [-0.15, -0.1) is 0 Å². The van der Waals surface area contributed by atoms with E-state index in [0.717, 1.165) is 19.3 Å². The van der Waals surface area contributed by atoms with E-state index in [1.165, 1.54) is 0 Å². The molecule has 0 saturated carbocycles. The van der Waals surface area contributed by atoms with Crippen molar-refractivity contribution in [3.8, 4) is 11.5 Å². The Bertz CT molecular complexity index is 495. The quantitative estimate of drug-likeness (QED) is 0.698. The smallest absolute Gasteiger partial charge is 0.251 e. The van der Waals surface area contributed by atoms with Crippen molar-refractivity contribution in [1.82, 2.24) is 5.32 Å². The van der Waals surface area contributed by atoms with E-state index in [2.05, 4.69) is 28.2 Å². The van der Waals surface area contributed by atoms with Crippen LogP contribution in [-0.2, 0) is 0 Å². The van der Waals surface area contributed by atoms with Gasteiger partial charge in [0.2, 0.25) is 0 Å². The molecule has 22 heavy (non-hydrogen) atoms. The van der Waals surface area contributed by atoms with Gasteiger partial charge in [0.25, 0.3) is 5.91 Å². The Morgan fingerprint density at radius 1 is 1.41 bits per heavy atom. The molecule has 1 amide bonds. The maximum Gasteiger partial charge on any atom is 0.251 e. The number of halogens is 1. The van der Waals surface area contributed by atoms with E-state index >= 15 is 0 Å². The molecule has 0 aliphatic carbocycles. The van der Waals surface area contributed by atoms with Crippen molar-refractivity contribution in [1.29, 1.82) is 0 Å². The van der Waals surface area contributed by atoms with Crippen molar-refractivity contribution in [3.05, 3.63) is 22.2 Å². The molecule has 0 bridgehead atoms. The predicted molar refractivity (Wildman–Crippen MR) is 91.7 cm³/mol. The van der Waals surface area contributed by atoms with Crippen molar-refractivity contribution < 1.29 is 14.3 Å². The standard InChI is InChI=1S/C16H25BrN2O3/c1-4-6-7-12(10-18)19-16(20)11-8-13(17)15(22-5-2)14(9-11)21-3/h8-9,12H,4-7,10,18H2,1-3H3,(H,19,20). The first-order valence-electron chi connectivity index (χ1n) is 7.58. The Kier molecular flexibility index (Phi) is 8.27. The Morgan fingerprint density at radius 2 is 2.14 bits per heavy atom. The lowest BCUT2D eigenvalue weighted by Crippen LogP contribution is -2.40. The second-order valence-electron chi connectivity index (χ2n) is 4.97. The molecule has 6 heteroatoms. The highest BCUT2D eigenvalue weighted by atomic mass is 79.9. The van der Waals surface area contributed by atoms with Crippen molar-refractivity contribution in [2.45, 2.75) is 39.2 Å². The number of amides is 1. The van der Waals surface area contributed by atoms with Gasteiger partial charge in [0.05, 0.1) is 18.2 Å². The van der Waals surface area contributed by atoms with E-state index in [1.54, 1.807) is 19.2 Å². The molecule has 1 unspecified atom stereocenters. The number of unbranched alkanes of at least 4 members (excludes halogenated alkanes) is 1. The number of carbonyl (C=O) groups excluding carboxylic acids is 1. The second kappa shape index (κ2) is 9.69. The van der Waals surface area contributed by atoms with Crippen LogP contribution in [0.15, 0.2) is 16.6 Å². The average Bonchev–Trinajstić information content (AvgIpc) is 2.52. The van der Waals surface area contributed by atoms with Crippen molar-refractivity contribution in [3.63, 3.8) is 0 Å². The summed E-state index contributed by atoms with van der Waals surface area (Å²) in [5, 5.41) is 2.97. The maximum absolute atomic E-state index is 12.4. The molecule has 124 valence electrons. The van der Waals surface area contributed by atoms with E-state index in [9.17, 15) is 4.79 Å². The van der Waals surface area contributed by atoms with Gasteiger partial charge in [-0.3, -0.25) is 4.79 Å². The van der Waals surface area contributed by atoms with Crippen LogP contribution in [0.2, 0.25) is 0 Å². The summed E-state index contributed by atoms with van der Waals surface area (Å²) in [5.41, 5.74) is 6.24. The first kappa shape index (κ1) is 18.8. The van der Waals surface area contributed by atoms with Crippen molar-refractivity contribution in [2.75, 3.05) is 20.3 Å². The van der Waals surface area contributed by atoms with Gasteiger partial charge in [0.1, 0.15) is 0 Å². The molecule has 0 fully saturated rings. The molecule has 3 N–H and O–H groups in total. The molecule has 1 atom stereocenters. The molecule has 0 aliphatic heterocycles. The largest absolute Gasteiger partial charge is 0.493 e.